The summed E-state index contributed by atoms with van der Waals surface area (Å²) in [6.45, 7) is 3.19. The highest BCUT2D eigenvalue weighted by molar-refractivity contribution is 6.04. The van der Waals surface area contributed by atoms with Crippen LogP contribution in [0.2, 0.25) is 0 Å². The number of anilines is 2. The van der Waals surface area contributed by atoms with Crippen molar-refractivity contribution in [1.29, 1.82) is 0 Å². The molecule has 1 aromatic rings. The number of amides is 1. The van der Waals surface area contributed by atoms with E-state index in [1.54, 1.807) is 25.2 Å². The third-order valence-corrected chi connectivity index (χ3v) is 3.12. The number of hydrogen-bond acceptors (Lipinski definition) is 3. The minimum absolute atomic E-state index is 0.0153. The molecule has 0 spiro atoms. The Labute approximate surface area is 106 Å². The van der Waals surface area contributed by atoms with Gasteiger partial charge >= 0.3 is 5.97 Å². The maximum atomic E-state index is 11.9. The van der Waals surface area contributed by atoms with Gasteiger partial charge in [0, 0.05) is 13.6 Å². The monoisotopic (exact) mass is 248 g/mol. The summed E-state index contributed by atoms with van der Waals surface area (Å²) in [6, 6.07) is 4.90. The molecular weight excluding hydrogens is 232 g/mol. The molecule has 18 heavy (non-hydrogen) atoms. The van der Waals surface area contributed by atoms with Crippen molar-refractivity contribution in [2.45, 2.75) is 13.3 Å². The molecule has 1 aliphatic heterocycles. The van der Waals surface area contributed by atoms with E-state index in [1.807, 2.05) is 11.8 Å². The number of aromatic carboxylic acids is 1. The Morgan fingerprint density at radius 2 is 2.11 bits per heavy atom. The van der Waals surface area contributed by atoms with Gasteiger partial charge in [0.25, 0.3) is 0 Å². The van der Waals surface area contributed by atoms with Gasteiger partial charge in [0.2, 0.25) is 5.91 Å². The van der Waals surface area contributed by atoms with Gasteiger partial charge in [0.15, 0.2) is 0 Å². The van der Waals surface area contributed by atoms with Crippen LogP contribution in [0.4, 0.5) is 11.4 Å². The molecule has 0 bridgehead atoms. The lowest BCUT2D eigenvalue weighted by molar-refractivity contribution is -0.117. The number of carboxylic acids is 1. The number of carbonyl (C=O) groups excluding carboxylic acids is 1. The molecule has 1 aromatic carbocycles. The average molecular weight is 248 g/mol. The van der Waals surface area contributed by atoms with Gasteiger partial charge in [-0.3, -0.25) is 4.79 Å². The third-order valence-electron chi connectivity index (χ3n) is 3.12. The summed E-state index contributed by atoms with van der Waals surface area (Å²) in [6.07, 6.45) is 0.942. The number of rotatable bonds is 3. The van der Waals surface area contributed by atoms with Crippen molar-refractivity contribution >= 4 is 23.3 Å². The van der Waals surface area contributed by atoms with Crippen molar-refractivity contribution in [3.63, 3.8) is 0 Å². The van der Waals surface area contributed by atoms with E-state index in [1.165, 1.54) is 4.90 Å². The van der Waals surface area contributed by atoms with Crippen LogP contribution in [0, 0.1) is 0 Å². The summed E-state index contributed by atoms with van der Waals surface area (Å²) in [5.41, 5.74) is 1.79. The quantitative estimate of drug-likeness (QED) is 0.882. The molecule has 2 rings (SSSR count). The molecule has 0 fully saturated rings. The summed E-state index contributed by atoms with van der Waals surface area (Å²) in [4.78, 5) is 26.3. The number of carbonyl (C=O) groups is 2. The predicted octanol–water partition coefficient (Wildman–Crippen LogP) is 1.58. The van der Waals surface area contributed by atoms with Crippen molar-refractivity contribution in [3.8, 4) is 0 Å². The zero-order valence-corrected chi connectivity index (χ0v) is 10.5. The molecule has 1 aliphatic rings. The van der Waals surface area contributed by atoms with Crippen LogP contribution < -0.4 is 9.80 Å². The second-order valence-corrected chi connectivity index (χ2v) is 4.38. The van der Waals surface area contributed by atoms with Gasteiger partial charge in [-0.25, -0.2) is 4.79 Å². The van der Waals surface area contributed by atoms with Crippen LogP contribution in [0.5, 0.6) is 0 Å². The summed E-state index contributed by atoms with van der Waals surface area (Å²) >= 11 is 0. The summed E-state index contributed by atoms with van der Waals surface area (Å²) < 4.78 is 0. The molecule has 0 unspecified atom stereocenters. The molecule has 0 atom stereocenters. The van der Waals surface area contributed by atoms with Crippen LogP contribution in [-0.2, 0) is 4.79 Å². The van der Waals surface area contributed by atoms with Gasteiger partial charge in [-0.05, 0) is 24.6 Å². The highest BCUT2D eigenvalue weighted by Crippen LogP contribution is 2.33. The van der Waals surface area contributed by atoms with Crippen molar-refractivity contribution in [3.05, 3.63) is 23.8 Å². The predicted molar refractivity (Wildman–Crippen MR) is 69.3 cm³/mol. The average Bonchev–Trinajstić information content (AvgIpc) is 2.35. The van der Waals surface area contributed by atoms with Gasteiger partial charge < -0.3 is 14.9 Å². The Balaban J connectivity index is 2.48. The lowest BCUT2D eigenvalue weighted by atomic mass is 10.1. The number of hydrogen-bond donors (Lipinski definition) is 1. The first kappa shape index (κ1) is 12.4. The van der Waals surface area contributed by atoms with Gasteiger partial charge in [-0.1, -0.05) is 6.92 Å². The normalized spacial score (nSPS) is 14.7. The molecule has 5 nitrogen and oxygen atoms in total. The Morgan fingerprint density at radius 1 is 1.39 bits per heavy atom. The molecule has 96 valence electrons. The minimum Gasteiger partial charge on any atom is -0.478 e. The van der Waals surface area contributed by atoms with Crippen molar-refractivity contribution in [2.75, 3.05) is 29.9 Å². The van der Waals surface area contributed by atoms with Crippen LogP contribution in [0.25, 0.3) is 0 Å². The van der Waals surface area contributed by atoms with E-state index in [0.29, 0.717) is 12.2 Å². The smallest absolute Gasteiger partial charge is 0.335 e. The lowest BCUT2D eigenvalue weighted by Gasteiger charge is -2.35. The molecule has 0 saturated carbocycles. The molecule has 0 aromatic heterocycles. The summed E-state index contributed by atoms with van der Waals surface area (Å²) in [5, 5.41) is 8.99. The second kappa shape index (κ2) is 4.68. The number of likely N-dealkylation sites (N-methyl/N-ethyl adjacent to an activating group) is 1. The Morgan fingerprint density at radius 3 is 2.72 bits per heavy atom. The van der Waals surface area contributed by atoms with Gasteiger partial charge in [0.1, 0.15) is 0 Å². The molecular formula is C13H16N2O3. The first-order valence-electron chi connectivity index (χ1n) is 5.93. The number of benzene rings is 1. The van der Waals surface area contributed by atoms with E-state index in [2.05, 4.69) is 0 Å². The maximum Gasteiger partial charge on any atom is 0.335 e. The van der Waals surface area contributed by atoms with Crippen LogP contribution in [0.3, 0.4) is 0 Å². The van der Waals surface area contributed by atoms with Crippen molar-refractivity contribution in [1.82, 2.24) is 0 Å². The fourth-order valence-electron chi connectivity index (χ4n) is 2.15. The highest BCUT2D eigenvalue weighted by atomic mass is 16.4. The van der Waals surface area contributed by atoms with E-state index < -0.39 is 5.97 Å². The molecule has 1 heterocycles. The Bertz CT molecular complexity index is 499. The van der Waals surface area contributed by atoms with Crippen LogP contribution >= 0.6 is 0 Å². The Hall–Kier alpha value is -2.04. The van der Waals surface area contributed by atoms with Crippen molar-refractivity contribution in [2.24, 2.45) is 0 Å². The second-order valence-electron chi connectivity index (χ2n) is 4.38. The molecule has 5 heteroatoms. The van der Waals surface area contributed by atoms with Gasteiger partial charge in [0.05, 0.1) is 23.5 Å². The third kappa shape index (κ3) is 2.03. The van der Waals surface area contributed by atoms with Crippen LogP contribution in [0.15, 0.2) is 18.2 Å². The minimum atomic E-state index is -0.980. The largest absolute Gasteiger partial charge is 0.478 e. The number of fused-ring (bicyclic) bond motifs is 1. The lowest BCUT2D eigenvalue weighted by Crippen LogP contribution is -2.44. The van der Waals surface area contributed by atoms with Gasteiger partial charge in [-0.15, -0.1) is 0 Å². The fraction of sp³-hybridized carbons (Fsp3) is 0.385. The zero-order valence-electron chi connectivity index (χ0n) is 10.5. The van der Waals surface area contributed by atoms with E-state index in [-0.39, 0.29) is 11.5 Å². The van der Waals surface area contributed by atoms with Gasteiger partial charge in [-0.2, -0.15) is 0 Å². The van der Waals surface area contributed by atoms with E-state index in [9.17, 15) is 9.59 Å². The van der Waals surface area contributed by atoms with Crippen LogP contribution in [-0.4, -0.2) is 37.1 Å². The van der Waals surface area contributed by atoms with E-state index >= 15 is 0 Å². The van der Waals surface area contributed by atoms with E-state index in [0.717, 1.165) is 18.7 Å². The van der Waals surface area contributed by atoms with E-state index in [4.69, 9.17) is 5.11 Å². The number of carboxylic acid groups (broad SMARTS) is 1. The molecule has 0 aliphatic carbocycles. The molecule has 0 saturated heterocycles. The first-order chi connectivity index (χ1) is 8.54. The molecule has 0 radical (unpaired) electrons. The standard InChI is InChI=1S/C13H16N2O3/c1-3-6-15-8-12(16)14(2)11-7-9(13(17)18)4-5-10(11)15/h4-5,7H,3,6,8H2,1-2H3,(H,17,18). The first-order valence-corrected chi connectivity index (χ1v) is 5.93. The molecule has 1 amide bonds. The Kier molecular flexibility index (Phi) is 3.23. The summed E-state index contributed by atoms with van der Waals surface area (Å²) in [7, 11) is 1.68. The topological polar surface area (TPSA) is 60.9 Å². The highest BCUT2D eigenvalue weighted by Gasteiger charge is 2.26. The van der Waals surface area contributed by atoms with Crippen molar-refractivity contribution < 1.29 is 14.7 Å². The molecule has 1 N–H and O–H groups in total. The summed E-state index contributed by atoms with van der Waals surface area (Å²) in [5.74, 6) is -0.996. The van der Waals surface area contributed by atoms with Crippen LogP contribution in [0.1, 0.15) is 23.7 Å². The maximum absolute atomic E-state index is 11.9. The number of nitrogens with zero attached hydrogens (tertiary/aromatic N) is 2. The zero-order chi connectivity index (χ0) is 13.3. The fourth-order valence-corrected chi connectivity index (χ4v) is 2.15. The SMILES string of the molecule is CCCN1CC(=O)N(C)c2cc(C(=O)O)ccc21.